The summed E-state index contributed by atoms with van der Waals surface area (Å²) >= 11 is 0. The van der Waals surface area contributed by atoms with Crippen LogP contribution >= 0.6 is 0 Å². The van der Waals surface area contributed by atoms with E-state index in [9.17, 15) is 4.79 Å². The van der Waals surface area contributed by atoms with Crippen LogP contribution in [-0.2, 0) is 0 Å². The fraction of sp³-hybridized carbons (Fsp3) is 0.350. The minimum atomic E-state index is -0.243. The highest BCUT2D eigenvalue weighted by Crippen LogP contribution is 2.24. The predicted molar refractivity (Wildman–Crippen MR) is 107 cm³/mol. The van der Waals surface area contributed by atoms with Crippen molar-refractivity contribution in [2.45, 2.75) is 27.7 Å². The molecule has 1 aromatic heterocycles. The van der Waals surface area contributed by atoms with Crippen LogP contribution in [0.4, 0.5) is 17.3 Å². The molecule has 6 nitrogen and oxygen atoms in total. The molecule has 0 unspecified atom stereocenters. The number of aromatic nitrogens is 2. The van der Waals surface area contributed by atoms with Gasteiger partial charge >= 0.3 is 0 Å². The summed E-state index contributed by atoms with van der Waals surface area (Å²) in [6.07, 6.45) is 1.63. The molecule has 0 bridgehead atoms. The SMILES string of the molecule is C=CCNC(=O)c1cc(C)nc(Nc2ccc(N(CC)CC)cc2C)n1. The van der Waals surface area contributed by atoms with Crippen LogP contribution in [0.25, 0.3) is 0 Å². The van der Waals surface area contributed by atoms with Crippen molar-refractivity contribution in [3.8, 4) is 0 Å². The number of rotatable bonds is 8. The first-order valence-electron chi connectivity index (χ1n) is 8.85. The van der Waals surface area contributed by atoms with Crippen molar-refractivity contribution < 1.29 is 4.79 Å². The van der Waals surface area contributed by atoms with Gasteiger partial charge in [-0.25, -0.2) is 9.97 Å². The molecular formula is C20H27N5O. The Morgan fingerprint density at radius 3 is 2.54 bits per heavy atom. The van der Waals surface area contributed by atoms with Crippen LogP contribution in [0.2, 0.25) is 0 Å². The lowest BCUT2D eigenvalue weighted by molar-refractivity contribution is 0.0953. The van der Waals surface area contributed by atoms with Gasteiger partial charge in [0.05, 0.1) is 0 Å². The monoisotopic (exact) mass is 353 g/mol. The summed E-state index contributed by atoms with van der Waals surface area (Å²) in [5.74, 6) is 0.166. The van der Waals surface area contributed by atoms with Gasteiger partial charge in [-0.2, -0.15) is 0 Å². The van der Waals surface area contributed by atoms with Crippen LogP contribution in [0, 0.1) is 13.8 Å². The first-order valence-corrected chi connectivity index (χ1v) is 8.85. The molecule has 6 heteroatoms. The summed E-state index contributed by atoms with van der Waals surface area (Å²) in [5.41, 5.74) is 4.26. The zero-order valence-corrected chi connectivity index (χ0v) is 16.0. The topological polar surface area (TPSA) is 70.2 Å². The number of nitrogens with zero attached hydrogens (tertiary/aromatic N) is 3. The number of hydrogen-bond acceptors (Lipinski definition) is 5. The van der Waals surface area contributed by atoms with Crippen LogP contribution in [0.1, 0.15) is 35.6 Å². The number of aryl methyl sites for hydroxylation is 2. The minimum absolute atomic E-state index is 0.243. The van der Waals surface area contributed by atoms with Crippen molar-refractivity contribution >= 4 is 23.2 Å². The Hall–Kier alpha value is -2.89. The number of anilines is 3. The van der Waals surface area contributed by atoms with Gasteiger partial charge in [0, 0.05) is 36.7 Å². The second-order valence-electron chi connectivity index (χ2n) is 6.01. The van der Waals surface area contributed by atoms with E-state index in [1.54, 1.807) is 12.1 Å². The van der Waals surface area contributed by atoms with Gasteiger partial charge in [0.1, 0.15) is 5.69 Å². The van der Waals surface area contributed by atoms with Gasteiger partial charge < -0.3 is 15.5 Å². The smallest absolute Gasteiger partial charge is 0.270 e. The van der Waals surface area contributed by atoms with E-state index in [1.807, 2.05) is 19.9 Å². The lowest BCUT2D eigenvalue weighted by atomic mass is 10.1. The van der Waals surface area contributed by atoms with Crippen molar-refractivity contribution in [1.29, 1.82) is 0 Å². The van der Waals surface area contributed by atoms with E-state index in [1.165, 1.54) is 5.69 Å². The Morgan fingerprint density at radius 2 is 1.92 bits per heavy atom. The summed E-state index contributed by atoms with van der Waals surface area (Å²) in [6.45, 7) is 14.1. The Balaban J connectivity index is 2.24. The number of carbonyl (C=O) groups is 1. The van der Waals surface area contributed by atoms with Crippen molar-refractivity contribution in [1.82, 2.24) is 15.3 Å². The third-order valence-corrected chi connectivity index (χ3v) is 4.08. The van der Waals surface area contributed by atoms with E-state index in [4.69, 9.17) is 0 Å². The van der Waals surface area contributed by atoms with Crippen LogP contribution in [0.3, 0.4) is 0 Å². The van der Waals surface area contributed by atoms with Crippen molar-refractivity contribution in [2.75, 3.05) is 29.9 Å². The third-order valence-electron chi connectivity index (χ3n) is 4.08. The zero-order chi connectivity index (χ0) is 19.1. The normalized spacial score (nSPS) is 10.3. The Bertz CT molecular complexity index is 784. The molecule has 2 N–H and O–H groups in total. The van der Waals surface area contributed by atoms with Crippen LogP contribution < -0.4 is 15.5 Å². The second-order valence-corrected chi connectivity index (χ2v) is 6.01. The predicted octanol–water partition coefficient (Wildman–Crippen LogP) is 3.60. The third kappa shape index (κ3) is 4.81. The standard InChI is InChI=1S/C20H27N5O/c1-6-11-21-19(26)18-13-15(5)22-20(24-18)23-17-10-9-16(12-14(17)4)25(7-2)8-3/h6,9-10,12-13H,1,7-8,11H2,2-5H3,(H,21,26)(H,22,23,24). The molecule has 0 atom stereocenters. The maximum Gasteiger partial charge on any atom is 0.270 e. The molecule has 0 spiro atoms. The molecule has 0 saturated heterocycles. The van der Waals surface area contributed by atoms with E-state index in [0.717, 1.165) is 30.0 Å². The first kappa shape index (κ1) is 19.4. The van der Waals surface area contributed by atoms with Gasteiger partial charge in [0.15, 0.2) is 0 Å². The molecule has 1 aromatic carbocycles. The van der Waals surface area contributed by atoms with E-state index in [0.29, 0.717) is 18.2 Å². The summed E-state index contributed by atoms with van der Waals surface area (Å²) < 4.78 is 0. The lowest BCUT2D eigenvalue weighted by Gasteiger charge is -2.22. The lowest BCUT2D eigenvalue weighted by Crippen LogP contribution is -2.24. The molecule has 138 valence electrons. The molecule has 0 fully saturated rings. The van der Waals surface area contributed by atoms with E-state index in [2.05, 4.69) is 58.1 Å². The maximum atomic E-state index is 12.1. The van der Waals surface area contributed by atoms with Crippen LogP contribution in [-0.4, -0.2) is 35.5 Å². The quantitative estimate of drug-likeness (QED) is 0.710. The fourth-order valence-electron chi connectivity index (χ4n) is 2.69. The van der Waals surface area contributed by atoms with E-state index >= 15 is 0 Å². The minimum Gasteiger partial charge on any atom is -0.372 e. The summed E-state index contributed by atoms with van der Waals surface area (Å²) in [4.78, 5) is 23.1. The largest absolute Gasteiger partial charge is 0.372 e. The molecule has 1 heterocycles. The fourth-order valence-corrected chi connectivity index (χ4v) is 2.69. The molecule has 0 aliphatic heterocycles. The second kappa shape index (κ2) is 8.99. The number of nitrogens with one attached hydrogen (secondary N) is 2. The van der Waals surface area contributed by atoms with Gasteiger partial charge in [0.25, 0.3) is 5.91 Å². The molecule has 0 saturated carbocycles. The van der Waals surface area contributed by atoms with Crippen molar-refractivity contribution in [3.63, 3.8) is 0 Å². The van der Waals surface area contributed by atoms with Gasteiger partial charge in [-0.15, -0.1) is 6.58 Å². The molecule has 0 aliphatic rings. The molecular weight excluding hydrogens is 326 g/mol. The average Bonchev–Trinajstić information content (AvgIpc) is 2.62. The van der Waals surface area contributed by atoms with Gasteiger partial charge in [0.2, 0.25) is 5.95 Å². The van der Waals surface area contributed by atoms with Crippen molar-refractivity contribution in [3.05, 3.63) is 53.9 Å². The molecule has 26 heavy (non-hydrogen) atoms. The highest BCUT2D eigenvalue weighted by atomic mass is 16.1. The summed E-state index contributed by atoms with van der Waals surface area (Å²) in [5, 5.41) is 5.96. The zero-order valence-electron chi connectivity index (χ0n) is 16.0. The number of hydrogen-bond donors (Lipinski definition) is 2. The summed E-state index contributed by atoms with van der Waals surface area (Å²) in [7, 11) is 0. The van der Waals surface area contributed by atoms with Crippen LogP contribution in [0.15, 0.2) is 36.9 Å². The van der Waals surface area contributed by atoms with E-state index in [-0.39, 0.29) is 5.91 Å². The first-order chi connectivity index (χ1) is 12.5. The Kier molecular flexibility index (Phi) is 6.72. The van der Waals surface area contributed by atoms with E-state index < -0.39 is 0 Å². The average molecular weight is 353 g/mol. The molecule has 0 aliphatic carbocycles. The van der Waals surface area contributed by atoms with Gasteiger partial charge in [-0.05, 0) is 57.5 Å². The summed E-state index contributed by atoms with van der Waals surface area (Å²) in [6, 6.07) is 7.91. The van der Waals surface area contributed by atoms with Gasteiger partial charge in [-0.1, -0.05) is 6.08 Å². The molecule has 2 aromatic rings. The Morgan fingerprint density at radius 1 is 1.19 bits per heavy atom. The highest BCUT2D eigenvalue weighted by molar-refractivity contribution is 5.92. The highest BCUT2D eigenvalue weighted by Gasteiger charge is 2.11. The van der Waals surface area contributed by atoms with Crippen LogP contribution in [0.5, 0.6) is 0 Å². The molecule has 0 radical (unpaired) electrons. The van der Waals surface area contributed by atoms with Crippen molar-refractivity contribution in [2.24, 2.45) is 0 Å². The number of amides is 1. The van der Waals surface area contributed by atoms with Gasteiger partial charge in [-0.3, -0.25) is 4.79 Å². The Labute approximate surface area is 155 Å². The number of carbonyl (C=O) groups excluding carboxylic acids is 1. The molecule has 2 rings (SSSR count). The number of benzene rings is 1. The maximum absolute atomic E-state index is 12.1. The molecule has 1 amide bonds.